The second-order valence-corrected chi connectivity index (χ2v) is 10.5. The van der Waals surface area contributed by atoms with Crippen LogP contribution in [0.15, 0.2) is 53.1 Å². The lowest BCUT2D eigenvalue weighted by atomic mass is 9.95. The predicted molar refractivity (Wildman–Crippen MR) is 125 cm³/mol. The number of halogens is 1. The van der Waals surface area contributed by atoms with E-state index in [0.717, 1.165) is 29.8 Å². The van der Waals surface area contributed by atoms with E-state index in [-0.39, 0.29) is 30.7 Å². The third kappa shape index (κ3) is 7.12. The molecule has 1 aliphatic rings. The van der Waals surface area contributed by atoms with Crippen LogP contribution in [0, 0.1) is 5.53 Å². The number of nitrogens with zero attached hydrogens (tertiary/aromatic N) is 1. The highest BCUT2D eigenvalue weighted by molar-refractivity contribution is 7.89. The Morgan fingerprint density at radius 3 is 2.66 bits per heavy atom. The van der Waals surface area contributed by atoms with E-state index >= 15 is 0 Å². The molecular weight excluding hydrogens is 448 g/mol. The summed E-state index contributed by atoms with van der Waals surface area (Å²) in [6.45, 7) is 2.11. The summed E-state index contributed by atoms with van der Waals surface area (Å²) in [6, 6.07) is 16.7. The minimum atomic E-state index is -3.77. The lowest BCUT2D eigenvalue weighted by Gasteiger charge is -2.20. The second kappa shape index (κ2) is 11.0. The molecule has 1 aliphatic carbocycles. The number of nitrogens with one attached hydrogen (secondary N) is 3. The Hall–Kier alpha value is -2.29. The van der Waals surface area contributed by atoms with Gasteiger partial charge in [0.2, 0.25) is 5.91 Å². The van der Waals surface area contributed by atoms with Crippen LogP contribution in [0.25, 0.3) is 0 Å². The van der Waals surface area contributed by atoms with Gasteiger partial charge in [-0.25, -0.2) is 8.42 Å². The van der Waals surface area contributed by atoms with Crippen molar-refractivity contribution in [1.29, 1.82) is 5.53 Å². The highest BCUT2D eigenvalue weighted by atomic mass is 35.5. The van der Waals surface area contributed by atoms with E-state index in [1.165, 1.54) is 11.1 Å². The van der Waals surface area contributed by atoms with Gasteiger partial charge in [0.25, 0.3) is 10.0 Å². The zero-order valence-corrected chi connectivity index (χ0v) is 19.6. The van der Waals surface area contributed by atoms with Crippen LogP contribution in [0.1, 0.15) is 54.8 Å². The van der Waals surface area contributed by atoms with Crippen LogP contribution in [0.3, 0.4) is 0 Å². The lowest BCUT2D eigenvalue weighted by Crippen LogP contribution is -2.29. The van der Waals surface area contributed by atoms with E-state index in [2.05, 4.69) is 40.3 Å². The zero-order valence-electron chi connectivity index (χ0n) is 18.1. The number of sulfonamides is 1. The van der Waals surface area contributed by atoms with Crippen LogP contribution in [-0.2, 0) is 21.2 Å². The molecule has 0 saturated heterocycles. The molecule has 172 valence electrons. The molecule has 0 heterocycles. The van der Waals surface area contributed by atoms with Crippen molar-refractivity contribution in [3.63, 3.8) is 0 Å². The van der Waals surface area contributed by atoms with E-state index < -0.39 is 10.0 Å². The smallest absolute Gasteiger partial charge is 0.271 e. The molecule has 2 unspecified atom stereocenters. The number of benzene rings is 2. The molecule has 0 aromatic heterocycles. The lowest BCUT2D eigenvalue weighted by molar-refractivity contribution is -0.120. The summed E-state index contributed by atoms with van der Waals surface area (Å²) in [4.78, 5) is 12.0. The minimum absolute atomic E-state index is 0.0499. The summed E-state index contributed by atoms with van der Waals surface area (Å²) >= 11 is 6.11. The summed E-state index contributed by atoms with van der Waals surface area (Å²) in [5, 5.41) is 7.03. The molecule has 1 fully saturated rings. The van der Waals surface area contributed by atoms with Crippen LogP contribution in [0.2, 0.25) is 5.02 Å². The van der Waals surface area contributed by atoms with Crippen molar-refractivity contribution < 1.29 is 13.2 Å². The van der Waals surface area contributed by atoms with Gasteiger partial charge in [0.05, 0.1) is 12.2 Å². The second-order valence-electron chi connectivity index (χ2n) is 8.30. The first-order valence-corrected chi connectivity index (χ1v) is 12.7. The van der Waals surface area contributed by atoms with E-state index in [0.29, 0.717) is 12.0 Å². The van der Waals surface area contributed by atoms with Crippen molar-refractivity contribution in [1.82, 2.24) is 10.6 Å². The van der Waals surface area contributed by atoms with Gasteiger partial charge in [0, 0.05) is 23.7 Å². The maximum Gasteiger partial charge on any atom is 0.271 e. The van der Waals surface area contributed by atoms with Crippen LogP contribution >= 0.6 is 11.6 Å². The van der Waals surface area contributed by atoms with Crippen molar-refractivity contribution in [2.75, 3.05) is 12.3 Å². The predicted octanol–water partition coefficient (Wildman–Crippen LogP) is 4.35. The number of carbonyl (C=O) groups is 1. The number of rotatable bonds is 10. The van der Waals surface area contributed by atoms with Crippen LogP contribution in [0.5, 0.6) is 0 Å². The molecule has 32 heavy (non-hydrogen) atoms. The molecule has 0 radical (unpaired) electrons. The Morgan fingerprint density at radius 2 is 1.97 bits per heavy atom. The normalized spacial score (nSPS) is 19.4. The highest BCUT2D eigenvalue weighted by Gasteiger charge is 2.27. The van der Waals surface area contributed by atoms with Gasteiger partial charge in [-0.3, -0.25) is 4.79 Å². The fourth-order valence-electron chi connectivity index (χ4n) is 4.18. The largest absolute Gasteiger partial charge is 0.355 e. The van der Waals surface area contributed by atoms with Crippen molar-refractivity contribution in [3.8, 4) is 0 Å². The van der Waals surface area contributed by atoms with Gasteiger partial charge in [-0.1, -0.05) is 52.5 Å². The Bertz CT molecular complexity index is 1040. The molecule has 0 bridgehead atoms. The highest BCUT2D eigenvalue weighted by Crippen LogP contribution is 2.35. The summed E-state index contributed by atoms with van der Waals surface area (Å²) < 4.78 is 24.9. The van der Waals surface area contributed by atoms with Crippen LogP contribution in [-0.4, -0.2) is 32.7 Å². The van der Waals surface area contributed by atoms with Crippen LogP contribution in [0.4, 0.5) is 0 Å². The molecule has 0 spiro atoms. The monoisotopic (exact) mass is 476 g/mol. The fraction of sp³-hybridized carbons (Fsp3) is 0.435. The molecule has 0 aliphatic heterocycles. The van der Waals surface area contributed by atoms with Gasteiger partial charge in [-0.05, 0) is 60.9 Å². The third-order valence-electron chi connectivity index (χ3n) is 5.90. The molecule has 9 heteroatoms. The Kier molecular flexibility index (Phi) is 8.39. The van der Waals surface area contributed by atoms with Gasteiger partial charge in [0.15, 0.2) is 0 Å². The molecule has 3 rings (SSSR count). The molecule has 1 saturated carbocycles. The standard InChI is InChI=1S/C23H29ClN4O3S/c1-16(19-3-2-4-21(24)14-19)27-22-10-9-20(15-22)18-7-5-17(6-8-18)13-23(29)26-11-12-32(30,31)28-25/h2-8,14,16,20,22,25,27H,9-13,15H2,1H3,(H,26,29)/t16?,20-,22?/m1/s1. The molecule has 2 aromatic carbocycles. The summed E-state index contributed by atoms with van der Waals surface area (Å²) in [5.74, 6) is -0.132. The Balaban J connectivity index is 1.47. The van der Waals surface area contributed by atoms with E-state index in [1.807, 2.05) is 30.3 Å². The van der Waals surface area contributed by atoms with Crippen LogP contribution < -0.4 is 10.6 Å². The average Bonchev–Trinajstić information content (AvgIpc) is 3.22. The number of hydrogen-bond donors (Lipinski definition) is 3. The molecule has 3 atom stereocenters. The fourth-order valence-corrected chi connectivity index (χ4v) is 4.83. The average molecular weight is 477 g/mol. The maximum atomic E-state index is 12.0. The molecule has 3 N–H and O–H groups in total. The molecule has 1 amide bonds. The number of carbonyl (C=O) groups excluding carboxylic acids is 1. The van der Waals surface area contributed by atoms with Gasteiger partial charge >= 0.3 is 0 Å². The number of amides is 1. The molecule has 7 nitrogen and oxygen atoms in total. The zero-order chi connectivity index (χ0) is 23.1. The van der Waals surface area contributed by atoms with E-state index in [4.69, 9.17) is 17.1 Å². The third-order valence-corrected chi connectivity index (χ3v) is 7.14. The molecule has 2 aromatic rings. The summed E-state index contributed by atoms with van der Waals surface area (Å²) in [6.07, 6.45) is 3.49. The van der Waals surface area contributed by atoms with Gasteiger partial charge < -0.3 is 10.6 Å². The van der Waals surface area contributed by atoms with Crippen molar-refractivity contribution in [2.45, 2.75) is 50.6 Å². The number of hydrogen-bond acceptors (Lipinski definition) is 5. The van der Waals surface area contributed by atoms with Gasteiger partial charge in [0.1, 0.15) is 0 Å². The minimum Gasteiger partial charge on any atom is -0.355 e. The topological polar surface area (TPSA) is 111 Å². The van der Waals surface area contributed by atoms with Gasteiger partial charge in [-0.15, -0.1) is 0 Å². The van der Waals surface area contributed by atoms with Crippen molar-refractivity contribution in [3.05, 3.63) is 70.2 Å². The maximum absolute atomic E-state index is 12.0. The first kappa shape index (κ1) is 24.4. The molecular formula is C23H29ClN4O3S. The Labute approximate surface area is 194 Å². The summed E-state index contributed by atoms with van der Waals surface area (Å²) in [5.41, 5.74) is 9.91. The Morgan fingerprint density at radius 1 is 1.22 bits per heavy atom. The van der Waals surface area contributed by atoms with Crippen molar-refractivity contribution >= 4 is 27.5 Å². The first-order valence-electron chi connectivity index (χ1n) is 10.7. The summed E-state index contributed by atoms with van der Waals surface area (Å²) in [7, 11) is -3.77. The van der Waals surface area contributed by atoms with E-state index in [1.54, 1.807) is 0 Å². The van der Waals surface area contributed by atoms with Crippen molar-refractivity contribution in [2.24, 2.45) is 4.52 Å². The first-order chi connectivity index (χ1) is 15.3. The van der Waals surface area contributed by atoms with E-state index in [9.17, 15) is 13.2 Å². The van der Waals surface area contributed by atoms with Gasteiger partial charge in [-0.2, -0.15) is 5.53 Å². The quantitative estimate of drug-likeness (QED) is 0.442. The SMILES string of the molecule is CC(NC1CC[C@@H](c2ccc(CC(=O)NCCS(=O)(=O)N=N)cc2)C1)c1cccc(Cl)c1.